The molecule has 0 aliphatic carbocycles. The van der Waals surface area contributed by atoms with Gasteiger partial charge in [-0.3, -0.25) is 15.6 Å². The molecule has 0 atom stereocenters. The van der Waals surface area contributed by atoms with Gasteiger partial charge in [0.1, 0.15) is 5.82 Å². The van der Waals surface area contributed by atoms with Crippen molar-refractivity contribution in [2.75, 3.05) is 16.2 Å². The molecule has 2 aromatic carbocycles. The monoisotopic (exact) mass is 342 g/mol. The number of carbonyl (C=O) groups is 1. The Kier molecular flexibility index (Phi) is 4.72. The molecule has 0 aliphatic rings. The quantitative estimate of drug-likeness (QED) is 0.603. The van der Waals surface area contributed by atoms with Crippen LogP contribution in [0.15, 0.2) is 53.9 Å². The molecule has 0 bridgehead atoms. The number of halogens is 1. The molecule has 3 aromatic rings. The van der Waals surface area contributed by atoms with Gasteiger partial charge in [-0.25, -0.2) is 9.37 Å². The van der Waals surface area contributed by atoms with Crippen LogP contribution in [0, 0.1) is 5.82 Å². The topological polar surface area (TPSA) is 66.1 Å². The van der Waals surface area contributed by atoms with Crippen LogP contribution in [0.1, 0.15) is 6.92 Å². The molecule has 1 heterocycles. The average Bonchev–Trinajstić information content (AvgIpc) is 3.02. The van der Waals surface area contributed by atoms with E-state index in [0.717, 1.165) is 5.69 Å². The molecule has 5 nitrogen and oxygen atoms in total. The number of anilines is 3. The minimum Gasteiger partial charge on any atom is -0.326 e. The highest BCUT2D eigenvalue weighted by molar-refractivity contribution is 7.14. The number of nitrogens with zero attached hydrogens (tertiary/aromatic N) is 1. The highest BCUT2D eigenvalue weighted by Crippen LogP contribution is 2.28. The molecule has 0 spiro atoms. The van der Waals surface area contributed by atoms with Gasteiger partial charge < -0.3 is 5.32 Å². The number of hydrazine groups is 1. The SMILES string of the molecule is CC(=O)Nc1ccc(-c2csc(NNc3ccccc3)n2)c(F)c1. The average molecular weight is 342 g/mol. The van der Waals surface area contributed by atoms with Crippen LogP contribution in [0.5, 0.6) is 0 Å². The second kappa shape index (κ2) is 7.10. The lowest BCUT2D eigenvalue weighted by atomic mass is 10.1. The fraction of sp³-hybridized carbons (Fsp3) is 0.0588. The third-order valence-corrected chi connectivity index (χ3v) is 3.91. The summed E-state index contributed by atoms with van der Waals surface area (Å²) in [6, 6.07) is 14.1. The highest BCUT2D eigenvalue weighted by atomic mass is 32.1. The third kappa shape index (κ3) is 3.88. The van der Waals surface area contributed by atoms with Crippen molar-refractivity contribution in [3.63, 3.8) is 0 Å². The second-order valence-corrected chi connectivity index (χ2v) is 5.89. The van der Waals surface area contributed by atoms with Crippen molar-refractivity contribution in [2.45, 2.75) is 6.92 Å². The Bertz CT molecular complexity index is 851. The maximum Gasteiger partial charge on any atom is 0.221 e. The third-order valence-electron chi connectivity index (χ3n) is 3.16. The van der Waals surface area contributed by atoms with E-state index in [1.54, 1.807) is 17.5 Å². The molecule has 3 rings (SSSR count). The van der Waals surface area contributed by atoms with Gasteiger partial charge in [0.15, 0.2) is 0 Å². The maximum atomic E-state index is 14.2. The Balaban J connectivity index is 1.72. The zero-order valence-electron chi connectivity index (χ0n) is 12.8. The number of amides is 1. The summed E-state index contributed by atoms with van der Waals surface area (Å²) in [5, 5.41) is 4.94. The Labute approximate surface area is 142 Å². The molecule has 1 aromatic heterocycles. The van der Waals surface area contributed by atoms with Crippen LogP contribution < -0.4 is 16.2 Å². The van der Waals surface area contributed by atoms with Gasteiger partial charge in [0.25, 0.3) is 0 Å². The fourth-order valence-electron chi connectivity index (χ4n) is 2.11. The smallest absolute Gasteiger partial charge is 0.221 e. The van der Waals surface area contributed by atoms with Gasteiger partial charge in [0, 0.05) is 23.6 Å². The van der Waals surface area contributed by atoms with Crippen LogP contribution >= 0.6 is 11.3 Å². The van der Waals surface area contributed by atoms with Gasteiger partial charge in [-0.2, -0.15) is 0 Å². The number of hydrogen-bond acceptors (Lipinski definition) is 5. The Morgan fingerprint density at radius 2 is 1.88 bits per heavy atom. The van der Waals surface area contributed by atoms with Crippen molar-refractivity contribution in [1.29, 1.82) is 0 Å². The molecular weight excluding hydrogens is 327 g/mol. The lowest BCUT2D eigenvalue weighted by Gasteiger charge is -2.06. The number of rotatable bonds is 5. The van der Waals surface area contributed by atoms with Gasteiger partial charge in [-0.15, -0.1) is 11.3 Å². The van der Waals surface area contributed by atoms with Crippen molar-refractivity contribution in [3.8, 4) is 11.3 Å². The normalized spacial score (nSPS) is 10.2. The van der Waals surface area contributed by atoms with Crippen molar-refractivity contribution >= 4 is 33.8 Å². The number of thiazole rings is 1. The Hall–Kier alpha value is -2.93. The minimum absolute atomic E-state index is 0.241. The number of aromatic nitrogens is 1. The van der Waals surface area contributed by atoms with Gasteiger partial charge >= 0.3 is 0 Å². The highest BCUT2D eigenvalue weighted by Gasteiger charge is 2.10. The van der Waals surface area contributed by atoms with E-state index in [2.05, 4.69) is 21.2 Å². The molecule has 7 heteroatoms. The second-order valence-electron chi connectivity index (χ2n) is 5.03. The van der Waals surface area contributed by atoms with E-state index >= 15 is 0 Å². The van der Waals surface area contributed by atoms with Crippen molar-refractivity contribution in [3.05, 3.63) is 59.7 Å². The first kappa shape index (κ1) is 15.9. The first-order valence-electron chi connectivity index (χ1n) is 7.22. The predicted molar refractivity (Wildman–Crippen MR) is 95.5 cm³/mol. The van der Waals surface area contributed by atoms with E-state index in [1.807, 2.05) is 30.3 Å². The molecular formula is C17H15FN4OS. The van der Waals surface area contributed by atoms with Crippen LogP contribution in [0.2, 0.25) is 0 Å². The minimum atomic E-state index is -0.436. The summed E-state index contributed by atoms with van der Waals surface area (Å²) in [5.74, 6) is -0.677. The van der Waals surface area contributed by atoms with E-state index in [9.17, 15) is 9.18 Å². The summed E-state index contributed by atoms with van der Waals surface area (Å²) in [5.41, 5.74) is 8.25. The molecule has 0 saturated carbocycles. The van der Waals surface area contributed by atoms with E-state index in [4.69, 9.17) is 0 Å². The van der Waals surface area contributed by atoms with Gasteiger partial charge in [0.2, 0.25) is 11.0 Å². The van der Waals surface area contributed by atoms with Crippen molar-refractivity contribution < 1.29 is 9.18 Å². The molecule has 0 fully saturated rings. The molecule has 0 saturated heterocycles. The standard InChI is InChI=1S/C17H15FN4OS/c1-11(23)19-13-7-8-14(15(18)9-13)16-10-24-17(20-16)22-21-12-5-3-2-4-6-12/h2-10,21H,1H3,(H,19,23)(H,20,22). The summed E-state index contributed by atoms with van der Waals surface area (Å²) in [4.78, 5) is 15.4. The Morgan fingerprint density at radius 3 is 2.58 bits per heavy atom. The zero-order valence-corrected chi connectivity index (χ0v) is 13.7. The first-order valence-corrected chi connectivity index (χ1v) is 8.10. The number of hydrogen-bond donors (Lipinski definition) is 3. The molecule has 0 unspecified atom stereocenters. The Morgan fingerprint density at radius 1 is 1.08 bits per heavy atom. The van der Waals surface area contributed by atoms with Gasteiger partial charge in [-0.05, 0) is 30.3 Å². The largest absolute Gasteiger partial charge is 0.326 e. The van der Waals surface area contributed by atoms with Crippen molar-refractivity contribution in [2.24, 2.45) is 0 Å². The predicted octanol–water partition coefficient (Wildman–Crippen LogP) is 4.35. The van der Waals surface area contributed by atoms with E-state index in [0.29, 0.717) is 22.1 Å². The number of para-hydroxylation sites is 1. The first-order chi connectivity index (χ1) is 11.6. The van der Waals surface area contributed by atoms with Crippen molar-refractivity contribution in [1.82, 2.24) is 4.98 Å². The van der Waals surface area contributed by atoms with E-state index in [1.165, 1.54) is 24.3 Å². The molecule has 122 valence electrons. The number of nitrogens with one attached hydrogen (secondary N) is 3. The molecule has 0 aliphatic heterocycles. The van der Waals surface area contributed by atoms with Gasteiger partial charge in [-0.1, -0.05) is 18.2 Å². The summed E-state index contributed by atoms with van der Waals surface area (Å²) in [6.07, 6.45) is 0. The lowest BCUT2D eigenvalue weighted by molar-refractivity contribution is -0.114. The molecule has 24 heavy (non-hydrogen) atoms. The van der Waals surface area contributed by atoms with Crippen LogP contribution in [0.3, 0.4) is 0 Å². The number of benzene rings is 2. The molecule has 1 amide bonds. The summed E-state index contributed by atoms with van der Waals surface area (Å²) in [7, 11) is 0. The van der Waals surface area contributed by atoms with Crippen LogP contribution in [0.4, 0.5) is 20.9 Å². The maximum absolute atomic E-state index is 14.2. The summed E-state index contributed by atoms with van der Waals surface area (Å²) >= 11 is 1.37. The van der Waals surface area contributed by atoms with E-state index in [-0.39, 0.29) is 5.91 Å². The van der Waals surface area contributed by atoms with Crippen LogP contribution in [-0.2, 0) is 4.79 Å². The summed E-state index contributed by atoms with van der Waals surface area (Å²) < 4.78 is 14.2. The van der Waals surface area contributed by atoms with Crippen LogP contribution in [0.25, 0.3) is 11.3 Å². The fourth-order valence-corrected chi connectivity index (χ4v) is 2.77. The van der Waals surface area contributed by atoms with Crippen LogP contribution in [-0.4, -0.2) is 10.9 Å². The lowest BCUT2D eigenvalue weighted by Crippen LogP contribution is -2.08. The van der Waals surface area contributed by atoms with Gasteiger partial charge in [0.05, 0.1) is 11.4 Å². The van der Waals surface area contributed by atoms with E-state index < -0.39 is 5.82 Å². The number of carbonyl (C=O) groups excluding carboxylic acids is 1. The summed E-state index contributed by atoms with van der Waals surface area (Å²) in [6.45, 7) is 1.38. The molecule has 3 N–H and O–H groups in total. The zero-order chi connectivity index (χ0) is 16.9. The molecule has 0 radical (unpaired) electrons.